The quantitative estimate of drug-likeness (QED) is 0.845. The number of nitrogens with zero attached hydrogens (tertiary/aromatic N) is 1. The Kier molecular flexibility index (Phi) is 3.51. The van der Waals surface area contributed by atoms with Gasteiger partial charge in [-0.2, -0.15) is 0 Å². The molecule has 0 saturated carbocycles. The third-order valence-electron chi connectivity index (χ3n) is 4.83. The summed E-state index contributed by atoms with van der Waals surface area (Å²) in [5.74, 6) is 1.92. The van der Waals surface area contributed by atoms with Crippen LogP contribution < -0.4 is 9.47 Å². The van der Waals surface area contributed by atoms with Crippen LogP contribution in [0, 0.1) is 0 Å². The lowest BCUT2D eigenvalue weighted by molar-refractivity contribution is 0.127. The average Bonchev–Trinajstić information content (AvgIpc) is 2.60. The Morgan fingerprint density at radius 3 is 2.86 bits per heavy atom. The van der Waals surface area contributed by atoms with Crippen LogP contribution in [0.5, 0.6) is 11.5 Å². The van der Waals surface area contributed by atoms with Gasteiger partial charge >= 0.3 is 0 Å². The highest BCUT2D eigenvalue weighted by Crippen LogP contribution is 2.39. The van der Waals surface area contributed by atoms with Crippen LogP contribution in [0.1, 0.15) is 29.2 Å². The molecule has 2 aliphatic heterocycles. The van der Waals surface area contributed by atoms with E-state index in [1.54, 1.807) is 7.11 Å². The van der Waals surface area contributed by atoms with Crippen molar-refractivity contribution in [2.75, 3.05) is 20.3 Å². The summed E-state index contributed by atoms with van der Waals surface area (Å²) in [5.41, 5.74) is 4.23. The van der Waals surface area contributed by atoms with E-state index in [0.717, 1.165) is 44.0 Å². The molecule has 0 amide bonds. The van der Waals surface area contributed by atoms with E-state index < -0.39 is 0 Å². The number of rotatable bonds is 2. The van der Waals surface area contributed by atoms with Gasteiger partial charge in [-0.3, -0.25) is 4.90 Å². The Labute approximate surface area is 131 Å². The van der Waals surface area contributed by atoms with Crippen molar-refractivity contribution < 1.29 is 9.47 Å². The van der Waals surface area contributed by atoms with E-state index in [2.05, 4.69) is 35.2 Å². The van der Waals surface area contributed by atoms with Crippen LogP contribution in [-0.4, -0.2) is 25.2 Å². The third kappa shape index (κ3) is 2.35. The number of fused-ring (bicyclic) bond motifs is 2. The van der Waals surface area contributed by atoms with Crippen molar-refractivity contribution in [2.24, 2.45) is 0 Å². The van der Waals surface area contributed by atoms with Crippen LogP contribution in [0.3, 0.4) is 0 Å². The van der Waals surface area contributed by atoms with Gasteiger partial charge in [0.15, 0.2) is 0 Å². The molecule has 1 atom stereocenters. The van der Waals surface area contributed by atoms with Gasteiger partial charge in [0, 0.05) is 31.1 Å². The first-order valence-corrected chi connectivity index (χ1v) is 7.97. The van der Waals surface area contributed by atoms with E-state index in [0.29, 0.717) is 6.04 Å². The van der Waals surface area contributed by atoms with E-state index in [4.69, 9.17) is 9.47 Å². The molecule has 2 heterocycles. The van der Waals surface area contributed by atoms with Crippen LogP contribution in [-0.2, 0) is 13.0 Å². The monoisotopic (exact) mass is 295 g/mol. The number of hydrogen-bond acceptors (Lipinski definition) is 3. The fourth-order valence-corrected chi connectivity index (χ4v) is 3.64. The van der Waals surface area contributed by atoms with Crippen LogP contribution >= 0.6 is 0 Å². The number of hydrogen-bond donors (Lipinski definition) is 0. The lowest BCUT2D eigenvalue weighted by atomic mass is 9.93. The topological polar surface area (TPSA) is 21.7 Å². The fraction of sp³-hybridized carbons (Fsp3) is 0.368. The molecule has 22 heavy (non-hydrogen) atoms. The zero-order chi connectivity index (χ0) is 14.9. The van der Waals surface area contributed by atoms with Crippen LogP contribution in [0.25, 0.3) is 0 Å². The zero-order valence-electron chi connectivity index (χ0n) is 12.9. The second-order valence-corrected chi connectivity index (χ2v) is 6.05. The highest BCUT2D eigenvalue weighted by Gasteiger charge is 2.29. The number of methoxy groups -OCH3 is 1. The van der Waals surface area contributed by atoms with Gasteiger partial charge in [-0.1, -0.05) is 24.3 Å². The molecule has 3 nitrogen and oxygen atoms in total. The highest BCUT2D eigenvalue weighted by molar-refractivity contribution is 5.43. The minimum absolute atomic E-state index is 0.423. The molecule has 0 bridgehead atoms. The molecule has 0 radical (unpaired) electrons. The smallest absolute Gasteiger partial charge is 0.124 e. The SMILES string of the molecule is COc1ccc2c(c1)C(N1CCc3ccccc3C1)CCO2. The van der Waals surface area contributed by atoms with Crippen LogP contribution in [0.15, 0.2) is 42.5 Å². The maximum atomic E-state index is 5.83. The molecule has 0 aliphatic carbocycles. The van der Waals surface area contributed by atoms with Crippen molar-refractivity contribution in [3.8, 4) is 11.5 Å². The van der Waals surface area contributed by atoms with E-state index in [1.165, 1.54) is 16.7 Å². The summed E-state index contributed by atoms with van der Waals surface area (Å²) in [6, 6.07) is 15.4. The Morgan fingerprint density at radius 2 is 2.00 bits per heavy atom. The Hall–Kier alpha value is -2.00. The van der Waals surface area contributed by atoms with Crippen molar-refractivity contribution in [3.05, 3.63) is 59.2 Å². The van der Waals surface area contributed by atoms with Crippen LogP contribution in [0.4, 0.5) is 0 Å². The lowest BCUT2D eigenvalue weighted by Gasteiger charge is -2.38. The molecule has 0 fully saturated rings. The summed E-state index contributed by atoms with van der Waals surface area (Å²) in [7, 11) is 1.72. The molecule has 1 unspecified atom stereocenters. The van der Waals surface area contributed by atoms with E-state index in [-0.39, 0.29) is 0 Å². The van der Waals surface area contributed by atoms with Gasteiger partial charge < -0.3 is 9.47 Å². The molecule has 114 valence electrons. The highest BCUT2D eigenvalue weighted by atomic mass is 16.5. The van der Waals surface area contributed by atoms with Gasteiger partial charge in [0.25, 0.3) is 0 Å². The molecule has 0 N–H and O–H groups in total. The van der Waals surface area contributed by atoms with Gasteiger partial charge in [0.05, 0.1) is 13.7 Å². The average molecular weight is 295 g/mol. The van der Waals surface area contributed by atoms with E-state index in [9.17, 15) is 0 Å². The number of benzene rings is 2. The minimum Gasteiger partial charge on any atom is -0.497 e. The maximum Gasteiger partial charge on any atom is 0.124 e. The van der Waals surface area contributed by atoms with Crippen molar-refractivity contribution in [3.63, 3.8) is 0 Å². The molecule has 0 aromatic heterocycles. The van der Waals surface area contributed by atoms with Gasteiger partial charge in [-0.15, -0.1) is 0 Å². The molecule has 4 rings (SSSR count). The van der Waals surface area contributed by atoms with Crippen molar-refractivity contribution >= 4 is 0 Å². The summed E-state index contributed by atoms with van der Waals surface area (Å²) < 4.78 is 11.2. The second kappa shape index (κ2) is 5.65. The largest absolute Gasteiger partial charge is 0.497 e. The molecule has 2 aliphatic rings. The summed E-state index contributed by atoms with van der Waals surface area (Å²) in [5, 5.41) is 0. The maximum absolute atomic E-state index is 5.83. The van der Waals surface area contributed by atoms with Crippen molar-refractivity contribution in [2.45, 2.75) is 25.4 Å². The summed E-state index contributed by atoms with van der Waals surface area (Å²) in [6.07, 6.45) is 2.18. The molecule has 3 heteroatoms. The second-order valence-electron chi connectivity index (χ2n) is 6.05. The first kappa shape index (κ1) is 13.6. The van der Waals surface area contributed by atoms with Crippen LogP contribution in [0.2, 0.25) is 0 Å². The molecule has 2 aromatic rings. The molecular formula is C19H21NO2. The van der Waals surface area contributed by atoms with Crippen molar-refractivity contribution in [1.29, 1.82) is 0 Å². The normalized spacial score (nSPS) is 20.7. The minimum atomic E-state index is 0.423. The summed E-state index contributed by atoms with van der Waals surface area (Å²) in [6.45, 7) is 2.93. The zero-order valence-corrected chi connectivity index (χ0v) is 12.9. The fourth-order valence-electron chi connectivity index (χ4n) is 3.64. The van der Waals surface area contributed by atoms with Gasteiger partial charge in [0.2, 0.25) is 0 Å². The summed E-state index contributed by atoms with van der Waals surface area (Å²) in [4.78, 5) is 2.59. The standard InChI is InChI=1S/C19H21NO2/c1-21-16-6-7-19-17(12-16)18(9-11-22-19)20-10-8-14-4-2-3-5-15(14)13-20/h2-7,12,18H,8-11,13H2,1H3. The predicted molar refractivity (Wildman–Crippen MR) is 86.4 cm³/mol. The number of ether oxygens (including phenoxy) is 2. The first-order valence-electron chi connectivity index (χ1n) is 7.97. The molecule has 0 saturated heterocycles. The third-order valence-corrected chi connectivity index (χ3v) is 4.83. The predicted octanol–water partition coefficient (Wildman–Crippen LogP) is 3.58. The first-order chi connectivity index (χ1) is 10.8. The Balaban J connectivity index is 1.65. The van der Waals surface area contributed by atoms with E-state index >= 15 is 0 Å². The Morgan fingerprint density at radius 1 is 1.14 bits per heavy atom. The summed E-state index contributed by atoms with van der Waals surface area (Å²) >= 11 is 0. The van der Waals surface area contributed by atoms with Gasteiger partial charge in [-0.05, 0) is 35.7 Å². The van der Waals surface area contributed by atoms with Crippen molar-refractivity contribution in [1.82, 2.24) is 4.90 Å². The lowest BCUT2D eigenvalue weighted by Crippen LogP contribution is -2.36. The molecule has 0 spiro atoms. The molecule has 2 aromatic carbocycles. The Bertz CT molecular complexity index is 683. The van der Waals surface area contributed by atoms with E-state index in [1.807, 2.05) is 12.1 Å². The van der Waals surface area contributed by atoms with Gasteiger partial charge in [-0.25, -0.2) is 0 Å². The van der Waals surface area contributed by atoms with Gasteiger partial charge in [0.1, 0.15) is 11.5 Å². The molecular weight excluding hydrogens is 274 g/mol.